The van der Waals surface area contributed by atoms with Gasteiger partial charge in [0.05, 0.1) is 6.54 Å². The molecule has 3 aromatic rings. The van der Waals surface area contributed by atoms with E-state index in [1.165, 1.54) is 9.75 Å². The summed E-state index contributed by atoms with van der Waals surface area (Å²) in [6.07, 6.45) is 0. The fraction of sp³-hybridized carbons (Fsp3) is 0.238. The topological polar surface area (TPSA) is 61.4 Å². The lowest BCUT2D eigenvalue weighted by Gasteiger charge is -2.20. The van der Waals surface area contributed by atoms with Gasteiger partial charge in [-0.15, -0.1) is 22.7 Å². The van der Waals surface area contributed by atoms with Crippen LogP contribution in [0.2, 0.25) is 0 Å². The molecule has 0 radical (unpaired) electrons. The normalized spacial score (nSPS) is 10.8. The van der Waals surface area contributed by atoms with Crippen LogP contribution in [0.15, 0.2) is 53.2 Å². The van der Waals surface area contributed by atoms with E-state index in [-0.39, 0.29) is 12.5 Å². The summed E-state index contributed by atoms with van der Waals surface area (Å²) < 4.78 is 0. The smallest absolute Gasteiger partial charge is 0.307 e. The van der Waals surface area contributed by atoms with E-state index in [9.17, 15) is 9.59 Å². The third-order valence-corrected chi connectivity index (χ3v) is 5.89. The van der Waals surface area contributed by atoms with Crippen LogP contribution in [0.25, 0.3) is 0 Å². The highest BCUT2D eigenvalue weighted by Crippen LogP contribution is 2.17. The molecule has 2 N–H and O–H groups in total. The molecule has 3 amide bonds. The summed E-state index contributed by atoms with van der Waals surface area (Å²) in [6.45, 7) is 5.41. The Bertz CT molecular complexity index is 885. The average molecular weight is 414 g/mol. The number of hydrogen-bond acceptors (Lipinski definition) is 5. The summed E-state index contributed by atoms with van der Waals surface area (Å²) in [4.78, 5) is 29.1. The lowest BCUT2D eigenvalue weighted by atomic mass is 10.1. The number of carbonyl (C=O) groups is 2. The van der Waals surface area contributed by atoms with E-state index in [1.54, 1.807) is 22.7 Å². The highest BCUT2D eigenvalue weighted by molar-refractivity contribution is 7.10. The molecule has 0 aliphatic rings. The molecule has 2 aromatic heterocycles. The number of amides is 3. The molecule has 146 valence electrons. The summed E-state index contributed by atoms with van der Waals surface area (Å²) in [7, 11) is 0. The van der Waals surface area contributed by atoms with E-state index in [4.69, 9.17) is 0 Å². The number of carbonyl (C=O) groups excluding carboxylic acids is 2. The SMILES string of the molecule is Cc1ccc(NC(=O)NC(=O)CN(Cc2cccs2)Cc2cccs2)c(C)c1. The van der Waals surface area contributed by atoms with Crippen molar-refractivity contribution in [3.05, 3.63) is 74.1 Å². The molecule has 28 heavy (non-hydrogen) atoms. The van der Waals surface area contributed by atoms with Gasteiger partial charge in [0.1, 0.15) is 0 Å². The summed E-state index contributed by atoms with van der Waals surface area (Å²) >= 11 is 3.32. The van der Waals surface area contributed by atoms with Crippen molar-refractivity contribution in [2.75, 3.05) is 11.9 Å². The molecule has 1 aromatic carbocycles. The van der Waals surface area contributed by atoms with Crippen LogP contribution in [-0.2, 0) is 17.9 Å². The number of imide groups is 1. The molecule has 0 spiro atoms. The van der Waals surface area contributed by atoms with E-state index in [0.717, 1.165) is 11.1 Å². The molecule has 0 aliphatic carbocycles. The maximum Gasteiger partial charge on any atom is 0.325 e. The first kappa shape index (κ1) is 20.3. The van der Waals surface area contributed by atoms with Crippen LogP contribution >= 0.6 is 22.7 Å². The van der Waals surface area contributed by atoms with Gasteiger partial charge < -0.3 is 5.32 Å². The molecule has 5 nitrogen and oxygen atoms in total. The van der Waals surface area contributed by atoms with Crippen molar-refractivity contribution in [1.29, 1.82) is 0 Å². The van der Waals surface area contributed by atoms with Crippen molar-refractivity contribution < 1.29 is 9.59 Å². The lowest BCUT2D eigenvalue weighted by molar-refractivity contribution is -0.121. The Morgan fingerprint density at radius 2 is 1.61 bits per heavy atom. The molecule has 7 heteroatoms. The van der Waals surface area contributed by atoms with Crippen LogP contribution in [0.3, 0.4) is 0 Å². The zero-order valence-corrected chi connectivity index (χ0v) is 17.5. The zero-order valence-electron chi connectivity index (χ0n) is 15.9. The van der Waals surface area contributed by atoms with E-state index in [1.807, 2.05) is 59.8 Å². The molecule has 3 rings (SSSR count). The minimum absolute atomic E-state index is 0.149. The van der Waals surface area contributed by atoms with Gasteiger partial charge in [0.15, 0.2) is 0 Å². The van der Waals surface area contributed by atoms with Crippen LogP contribution in [0.4, 0.5) is 10.5 Å². The van der Waals surface area contributed by atoms with E-state index in [0.29, 0.717) is 18.8 Å². The highest BCUT2D eigenvalue weighted by atomic mass is 32.1. The maximum atomic E-state index is 12.4. The van der Waals surface area contributed by atoms with Crippen molar-refractivity contribution in [2.45, 2.75) is 26.9 Å². The Hall–Kier alpha value is -2.48. The van der Waals surface area contributed by atoms with Crippen molar-refractivity contribution in [2.24, 2.45) is 0 Å². The summed E-state index contributed by atoms with van der Waals surface area (Å²) in [6, 6.07) is 13.4. The average Bonchev–Trinajstić information content (AvgIpc) is 3.31. The van der Waals surface area contributed by atoms with Gasteiger partial charge in [0.2, 0.25) is 5.91 Å². The summed E-state index contributed by atoms with van der Waals surface area (Å²) in [5, 5.41) is 9.23. The summed E-state index contributed by atoms with van der Waals surface area (Å²) in [5.74, 6) is -0.324. The lowest BCUT2D eigenvalue weighted by Crippen LogP contribution is -2.41. The number of thiophene rings is 2. The minimum Gasteiger partial charge on any atom is -0.307 e. The number of hydrogen-bond donors (Lipinski definition) is 2. The Morgan fingerprint density at radius 1 is 0.964 bits per heavy atom. The fourth-order valence-corrected chi connectivity index (χ4v) is 4.38. The largest absolute Gasteiger partial charge is 0.325 e. The fourth-order valence-electron chi connectivity index (χ4n) is 2.89. The van der Waals surface area contributed by atoms with Crippen molar-refractivity contribution in [1.82, 2.24) is 10.2 Å². The molecule has 0 saturated carbocycles. The van der Waals surface area contributed by atoms with Crippen LogP contribution in [0.5, 0.6) is 0 Å². The second kappa shape index (κ2) is 9.64. The minimum atomic E-state index is -0.510. The first-order chi connectivity index (χ1) is 13.5. The van der Waals surface area contributed by atoms with Crippen LogP contribution in [0.1, 0.15) is 20.9 Å². The molecular formula is C21H23N3O2S2. The molecule has 0 unspecified atom stereocenters. The quantitative estimate of drug-likeness (QED) is 0.586. The van der Waals surface area contributed by atoms with E-state index >= 15 is 0 Å². The third-order valence-electron chi connectivity index (χ3n) is 4.17. The number of rotatable bonds is 7. The Balaban J connectivity index is 1.58. The van der Waals surface area contributed by atoms with Gasteiger partial charge in [-0.1, -0.05) is 29.8 Å². The van der Waals surface area contributed by atoms with E-state index < -0.39 is 6.03 Å². The third kappa shape index (κ3) is 6.02. The van der Waals surface area contributed by atoms with Crippen molar-refractivity contribution >= 4 is 40.3 Å². The zero-order chi connectivity index (χ0) is 19.9. The second-order valence-electron chi connectivity index (χ2n) is 6.62. The molecule has 0 bridgehead atoms. The first-order valence-corrected chi connectivity index (χ1v) is 10.7. The highest BCUT2D eigenvalue weighted by Gasteiger charge is 2.16. The summed E-state index contributed by atoms with van der Waals surface area (Å²) in [5.41, 5.74) is 2.78. The van der Waals surface area contributed by atoms with Gasteiger partial charge in [-0.3, -0.25) is 15.0 Å². The number of aryl methyl sites for hydroxylation is 2. The van der Waals surface area contributed by atoms with Crippen LogP contribution in [0, 0.1) is 13.8 Å². The van der Waals surface area contributed by atoms with Crippen LogP contribution < -0.4 is 10.6 Å². The first-order valence-electron chi connectivity index (χ1n) is 8.95. The number of anilines is 1. The van der Waals surface area contributed by atoms with Gasteiger partial charge in [-0.05, 0) is 48.4 Å². The van der Waals surface area contributed by atoms with Crippen molar-refractivity contribution in [3.8, 4) is 0 Å². The standard InChI is InChI=1S/C21H23N3O2S2/c1-15-7-8-19(16(2)11-15)22-21(26)23-20(25)14-24(12-17-5-3-9-27-17)13-18-6-4-10-28-18/h3-11H,12-14H2,1-2H3,(H2,22,23,25,26). The van der Waals surface area contributed by atoms with E-state index in [2.05, 4.69) is 22.8 Å². The molecule has 2 heterocycles. The predicted molar refractivity (Wildman–Crippen MR) is 116 cm³/mol. The molecule has 0 atom stereocenters. The Kier molecular flexibility index (Phi) is 6.97. The van der Waals surface area contributed by atoms with Gasteiger partial charge in [-0.25, -0.2) is 4.79 Å². The number of benzene rings is 1. The second-order valence-corrected chi connectivity index (χ2v) is 8.69. The Labute approximate surface area is 173 Å². The molecule has 0 aliphatic heterocycles. The van der Waals surface area contributed by atoms with Gasteiger partial charge >= 0.3 is 6.03 Å². The number of urea groups is 1. The van der Waals surface area contributed by atoms with Crippen LogP contribution in [-0.4, -0.2) is 23.4 Å². The monoisotopic (exact) mass is 413 g/mol. The van der Waals surface area contributed by atoms with Gasteiger partial charge in [0, 0.05) is 28.5 Å². The van der Waals surface area contributed by atoms with Gasteiger partial charge in [0.25, 0.3) is 0 Å². The number of nitrogens with zero attached hydrogens (tertiary/aromatic N) is 1. The molecule has 0 saturated heterocycles. The predicted octanol–water partition coefficient (Wildman–Crippen LogP) is 4.78. The molecule has 0 fully saturated rings. The van der Waals surface area contributed by atoms with Gasteiger partial charge in [-0.2, -0.15) is 0 Å². The van der Waals surface area contributed by atoms with Crippen molar-refractivity contribution in [3.63, 3.8) is 0 Å². The number of nitrogens with one attached hydrogen (secondary N) is 2. The molecular weight excluding hydrogens is 390 g/mol. The Morgan fingerprint density at radius 3 is 2.14 bits per heavy atom. The maximum absolute atomic E-state index is 12.4.